The Kier molecular flexibility index (Phi) is 7.44. The Morgan fingerprint density at radius 3 is 2.04 bits per heavy atom. The third-order valence-corrected chi connectivity index (χ3v) is 6.48. The highest BCUT2D eigenvalue weighted by molar-refractivity contribution is 9.10. The second-order valence-corrected chi connectivity index (χ2v) is 8.68. The van der Waals surface area contributed by atoms with E-state index in [2.05, 4.69) is 15.9 Å². The van der Waals surface area contributed by atoms with E-state index in [0.29, 0.717) is 18.5 Å². The number of ether oxygens (including phenoxy) is 1. The van der Waals surface area contributed by atoms with Gasteiger partial charge in [-0.25, -0.2) is 8.42 Å². The van der Waals surface area contributed by atoms with Gasteiger partial charge in [-0.15, -0.1) is 0 Å². The number of hydrogen-bond donors (Lipinski definition) is 0. The van der Waals surface area contributed by atoms with Gasteiger partial charge in [-0.3, -0.25) is 9.10 Å². The topological polar surface area (TPSA) is 63.7 Å². The van der Waals surface area contributed by atoms with Crippen molar-refractivity contribution in [1.82, 2.24) is 0 Å². The van der Waals surface area contributed by atoms with E-state index in [4.69, 9.17) is 4.74 Å². The zero-order valence-corrected chi connectivity index (χ0v) is 18.1. The maximum atomic E-state index is 13.4. The van der Waals surface area contributed by atoms with Crippen molar-refractivity contribution < 1.29 is 17.9 Å². The van der Waals surface area contributed by atoms with Crippen LogP contribution in [-0.4, -0.2) is 27.5 Å². The Morgan fingerprint density at radius 1 is 1.00 bits per heavy atom. The van der Waals surface area contributed by atoms with E-state index in [1.807, 2.05) is 32.0 Å². The van der Waals surface area contributed by atoms with Gasteiger partial charge in [-0.2, -0.15) is 0 Å². The van der Waals surface area contributed by atoms with E-state index >= 15 is 0 Å². The molecule has 0 saturated carbocycles. The highest BCUT2D eigenvalue weighted by Crippen LogP contribution is 2.32. The minimum absolute atomic E-state index is 0.128. The fourth-order valence-corrected chi connectivity index (χ4v) is 4.63. The molecular weight excluding hydrogens is 430 g/mol. The number of rotatable bonds is 8. The van der Waals surface area contributed by atoms with Gasteiger partial charge in [-0.1, -0.05) is 48.0 Å². The van der Waals surface area contributed by atoms with Gasteiger partial charge in [0.25, 0.3) is 10.0 Å². The van der Waals surface area contributed by atoms with Crippen LogP contribution >= 0.6 is 15.9 Å². The van der Waals surface area contributed by atoms with Crippen molar-refractivity contribution in [2.24, 2.45) is 0 Å². The van der Waals surface area contributed by atoms with Crippen molar-refractivity contribution in [3.05, 3.63) is 58.1 Å². The molecule has 0 N–H and O–H groups in total. The second kappa shape index (κ2) is 9.37. The first-order chi connectivity index (χ1) is 12.8. The largest absolute Gasteiger partial charge is 0.465 e. The molecular formula is C20H24BrNO4S. The first-order valence-corrected chi connectivity index (χ1v) is 11.1. The zero-order chi connectivity index (χ0) is 20.0. The van der Waals surface area contributed by atoms with Crippen LogP contribution in [0.3, 0.4) is 0 Å². The molecule has 146 valence electrons. The Labute approximate surface area is 169 Å². The molecule has 0 aliphatic heterocycles. The van der Waals surface area contributed by atoms with Crippen LogP contribution in [0.5, 0.6) is 0 Å². The summed E-state index contributed by atoms with van der Waals surface area (Å²) in [7, 11) is -3.94. The molecule has 0 heterocycles. The van der Waals surface area contributed by atoms with E-state index in [1.54, 1.807) is 19.1 Å². The SMILES string of the molecule is CCOC(=O)CN(c1c(CC)cccc1CC)S(=O)(=O)c1ccc(Br)cc1. The van der Waals surface area contributed by atoms with Crippen LogP contribution in [0.25, 0.3) is 0 Å². The lowest BCUT2D eigenvalue weighted by Gasteiger charge is -2.28. The molecule has 0 fully saturated rings. The third-order valence-electron chi connectivity index (χ3n) is 4.19. The average molecular weight is 454 g/mol. The number of hydrogen-bond acceptors (Lipinski definition) is 4. The van der Waals surface area contributed by atoms with Crippen molar-refractivity contribution in [3.8, 4) is 0 Å². The van der Waals surface area contributed by atoms with E-state index in [0.717, 1.165) is 15.6 Å². The molecule has 0 aliphatic carbocycles. The van der Waals surface area contributed by atoms with Crippen LogP contribution in [0.15, 0.2) is 51.8 Å². The number of anilines is 1. The molecule has 2 aromatic rings. The number of benzene rings is 2. The summed E-state index contributed by atoms with van der Waals surface area (Å²) in [4.78, 5) is 12.4. The molecule has 2 aromatic carbocycles. The quantitative estimate of drug-likeness (QED) is 0.557. The van der Waals surface area contributed by atoms with Crippen molar-refractivity contribution in [1.29, 1.82) is 0 Å². The van der Waals surface area contributed by atoms with Gasteiger partial charge < -0.3 is 4.74 Å². The lowest BCUT2D eigenvalue weighted by molar-refractivity contribution is -0.141. The summed E-state index contributed by atoms with van der Waals surface area (Å²) in [6.07, 6.45) is 1.30. The number of carbonyl (C=O) groups excluding carboxylic acids is 1. The highest BCUT2D eigenvalue weighted by Gasteiger charge is 2.30. The molecule has 0 amide bonds. The molecule has 0 atom stereocenters. The molecule has 0 saturated heterocycles. The van der Waals surface area contributed by atoms with Crippen LogP contribution in [0.1, 0.15) is 31.9 Å². The molecule has 0 radical (unpaired) electrons. The number of esters is 1. The molecule has 0 unspecified atom stereocenters. The maximum Gasteiger partial charge on any atom is 0.326 e. The fourth-order valence-electron chi connectivity index (χ4n) is 2.88. The van der Waals surface area contributed by atoms with Gasteiger partial charge in [0.2, 0.25) is 0 Å². The number of para-hydroxylation sites is 1. The Bertz CT molecular complexity index is 872. The second-order valence-electron chi connectivity index (χ2n) is 5.90. The minimum atomic E-state index is -3.94. The average Bonchev–Trinajstić information content (AvgIpc) is 2.66. The summed E-state index contributed by atoms with van der Waals surface area (Å²) < 4.78 is 33.9. The molecule has 0 bridgehead atoms. The Morgan fingerprint density at radius 2 is 1.56 bits per heavy atom. The van der Waals surface area contributed by atoms with Crippen LogP contribution in [0, 0.1) is 0 Å². The number of sulfonamides is 1. The summed E-state index contributed by atoms with van der Waals surface area (Å²) in [6, 6.07) is 12.1. The lowest BCUT2D eigenvalue weighted by atomic mass is 10.0. The number of halogens is 1. The van der Waals surface area contributed by atoms with E-state index in [9.17, 15) is 13.2 Å². The number of carbonyl (C=O) groups is 1. The molecule has 0 spiro atoms. The van der Waals surface area contributed by atoms with Gasteiger partial charge in [0.1, 0.15) is 6.54 Å². The summed E-state index contributed by atoms with van der Waals surface area (Å²) in [5, 5.41) is 0. The normalized spacial score (nSPS) is 11.3. The molecule has 0 aliphatic rings. The van der Waals surface area contributed by atoms with Crippen LogP contribution in [-0.2, 0) is 32.4 Å². The Balaban J connectivity index is 2.66. The van der Waals surface area contributed by atoms with Crippen LogP contribution in [0.4, 0.5) is 5.69 Å². The highest BCUT2D eigenvalue weighted by atomic mass is 79.9. The van der Waals surface area contributed by atoms with Crippen LogP contribution in [0.2, 0.25) is 0 Å². The van der Waals surface area contributed by atoms with Crippen molar-refractivity contribution in [2.75, 3.05) is 17.5 Å². The van der Waals surface area contributed by atoms with Gasteiger partial charge in [-0.05, 0) is 55.2 Å². The zero-order valence-electron chi connectivity index (χ0n) is 15.7. The first kappa shape index (κ1) is 21.4. The predicted molar refractivity (Wildman–Crippen MR) is 111 cm³/mol. The third kappa shape index (κ3) is 4.90. The van der Waals surface area contributed by atoms with Crippen molar-refractivity contribution in [3.63, 3.8) is 0 Å². The van der Waals surface area contributed by atoms with E-state index in [1.165, 1.54) is 16.4 Å². The Hall–Kier alpha value is -1.86. The summed E-state index contributed by atoms with van der Waals surface area (Å²) in [5.74, 6) is -0.578. The van der Waals surface area contributed by atoms with Gasteiger partial charge in [0, 0.05) is 4.47 Å². The molecule has 0 aromatic heterocycles. The van der Waals surface area contributed by atoms with Crippen LogP contribution < -0.4 is 4.31 Å². The first-order valence-electron chi connectivity index (χ1n) is 8.89. The monoisotopic (exact) mass is 453 g/mol. The fraction of sp³-hybridized carbons (Fsp3) is 0.350. The van der Waals surface area contributed by atoms with E-state index in [-0.39, 0.29) is 18.0 Å². The predicted octanol–water partition coefficient (Wildman–Crippen LogP) is 4.33. The van der Waals surface area contributed by atoms with Gasteiger partial charge >= 0.3 is 5.97 Å². The lowest BCUT2D eigenvalue weighted by Crippen LogP contribution is -2.38. The summed E-state index contributed by atoms with van der Waals surface area (Å²) in [5.41, 5.74) is 2.32. The van der Waals surface area contributed by atoms with Crippen molar-refractivity contribution >= 4 is 37.6 Å². The summed E-state index contributed by atoms with van der Waals surface area (Å²) >= 11 is 3.32. The standard InChI is InChI=1S/C20H24BrNO4S/c1-4-15-8-7-9-16(5-2)20(15)22(14-19(23)26-6-3)27(24,25)18-12-10-17(21)11-13-18/h7-13H,4-6,14H2,1-3H3. The molecule has 5 nitrogen and oxygen atoms in total. The smallest absolute Gasteiger partial charge is 0.326 e. The van der Waals surface area contributed by atoms with Gasteiger partial charge in [0.05, 0.1) is 17.2 Å². The number of aryl methyl sites for hydroxylation is 2. The minimum Gasteiger partial charge on any atom is -0.465 e. The number of nitrogens with zero attached hydrogens (tertiary/aromatic N) is 1. The van der Waals surface area contributed by atoms with Crippen molar-refractivity contribution in [2.45, 2.75) is 38.5 Å². The van der Waals surface area contributed by atoms with Gasteiger partial charge in [0.15, 0.2) is 0 Å². The maximum absolute atomic E-state index is 13.4. The molecule has 7 heteroatoms. The molecule has 27 heavy (non-hydrogen) atoms. The molecule has 2 rings (SSSR count). The summed E-state index contributed by atoms with van der Waals surface area (Å²) in [6.45, 7) is 5.46. The van der Waals surface area contributed by atoms with E-state index < -0.39 is 16.0 Å².